The summed E-state index contributed by atoms with van der Waals surface area (Å²) in [6, 6.07) is 9.85. The molecule has 0 bridgehead atoms. The lowest BCUT2D eigenvalue weighted by atomic mass is 10.2. The van der Waals surface area contributed by atoms with Gasteiger partial charge in [-0.25, -0.2) is 9.97 Å². The van der Waals surface area contributed by atoms with Gasteiger partial charge in [-0.2, -0.15) is 0 Å². The van der Waals surface area contributed by atoms with Gasteiger partial charge in [0, 0.05) is 44.1 Å². The summed E-state index contributed by atoms with van der Waals surface area (Å²) in [5, 5.41) is 3.35. The van der Waals surface area contributed by atoms with Gasteiger partial charge in [-0.05, 0) is 24.3 Å². The summed E-state index contributed by atoms with van der Waals surface area (Å²) in [5.74, 6) is 1.35. The second kappa shape index (κ2) is 5.67. The second-order valence-corrected chi connectivity index (χ2v) is 4.38. The number of anilines is 1. The highest BCUT2D eigenvalue weighted by Crippen LogP contribution is 2.23. The molecule has 1 aliphatic rings. The molecule has 0 radical (unpaired) electrons. The number of hydrogen-bond donors (Lipinski definition) is 1. The molecule has 19 heavy (non-hydrogen) atoms. The zero-order valence-electron chi connectivity index (χ0n) is 10.6. The Labute approximate surface area is 112 Å². The summed E-state index contributed by atoms with van der Waals surface area (Å²) >= 11 is 0. The molecule has 1 fully saturated rings. The highest BCUT2D eigenvalue weighted by Gasteiger charge is 2.10. The first kappa shape index (κ1) is 11.9. The van der Waals surface area contributed by atoms with Crippen LogP contribution in [0.25, 0.3) is 0 Å². The van der Waals surface area contributed by atoms with Crippen LogP contribution in [0.1, 0.15) is 0 Å². The largest absolute Gasteiger partial charge is 0.439 e. The zero-order valence-corrected chi connectivity index (χ0v) is 10.6. The predicted molar refractivity (Wildman–Crippen MR) is 73.6 cm³/mol. The van der Waals surface area contributed by atoms with Gasteiger partial charge in [-0.3, -0.25) is 0 Å². The fourth-order valence-electron chi connectivity index (χ4n) is 2.11. The van der Waals surface area contributed by atoms with Crippen LogP contribution in [0.3, 0.4) is 0 Å². The van der Waals surface area contributed by atoms with Crippen LogP contribution in [-0.2, 0) is 0 Å². The first-order valence-electron chi connectivity index (χ1n) is 6.41. The third-order valence-corrected chi connectivity index (χ3v) is 3.10. The molecule has 0 aliphatic carbocycles. The molecule has 1 aromatic heterocycles. The Morgan fingerprint density at radius 1 is 1.05 bits per heavy atom. The van der Waals surface area contributed by atoms with Crippen molar-refractivity contribution in [2.24, 2.45) is 0 Å². The SMILES string of the molecule is c1cc(Oc2ccc(N3CCNCC3)cc2)ncn1. The smallest absolute Gasteiger partial charge is 0.222 e. The normalized spacial score (nSPS) is 15.3. The van der Waals surface area contributed by atoms with Gasteiger partial charge in [-0.1, -0.05) is 0 Å². The Morgan fingerprint density at radius 3 is 2.53 bits per heavy atom. The van der Waals surface area contributed by atoms with Crippen molar-refractivity contribution < 1.29 is 4.74 Å². The molecule has 2 heterocycles. The van der Waals surface area contributed by atoms with Crippen molar-refractivity contribution in [1.29, 1.82) is 0 Å². The lowest BCUT2D eigenvalue weighted by Gasteiger charge is -2.29. The first-order valence-corrected chi connectivity index (χ1v) is 6.41. The molecular formula is C14H16N4O. The molecule has 1 aromatic carbocycles. The molecule has 0 spiro atoms. The minimum atomic E-state index is 0.560. The Bertz CT molecular complexity index is 509. The van der Waals surface area contributed by atoms with Crippen molar-refractivity contribution in [3.8, 4) is 11.6 Å². The van der Waals surface area contributed by atoms with Crippen LogP contribution in [0.5, 0.6) is 11.6 Å². The van der Waals surface area contributed by atoms with Gasteiger partial charge in [-0.15, -0.1) is 0 Å². The maximum Gasteiger partial charge on any atom is 0.222 e. The molecular weight excluding hydrogens is 240 g/mol. The topological polar surface area (TPSA) is 50.3 Å². The van der Waals surface area contributed by atoms with E-state index in [1.165, 1.54) is 12.0 Å². The Kier molecular flexibility index (Phi) is 3.56. The summed E-state index contributed by atoms with van der Waals surface area (Å²) in [6.07, 6.45) is 3.14. The fraction of sp³-hybridized carbons (Fsp3) is 0.286. The van der Waals surface area contributed by atoms with E-state index in [-0.39, 0.29) is 0 Å². The molecule has 0 amide bonds. The van der Waals surface area contributed by atoms with Crippen molar-refractivity contribution in [2.45, 2.75) is 0 Å². The quantitative estimate of drug-likeness (QED) is 0.905. The van der Waals surface area contributed by atoms with E-state index in [1.54, 1.807) is 12.3 Å². The molecule has 5 nitrogen and oxygen atoms in total. The maximum atomic E-state index is 5.64. The number of nitrogens with one attached hydrogen (secondary N) is 1. The average Bonchev–Trinajstić information content (AvgIpc) is 2.50. The Morgan fingerprint density at radius 2 is 1.84 bits per heavy atom. The summed E-state index contributed by atoms with van der Waals surface area (Å²) in [5.41, 5.74) is 1.23. The number of aromatic nitrogens is 2. The fourth-order valence-corrected chi connectivity index (χ4v) is 2.11. The van der Waals surface area contributed by atoms with Gasteiger partial charge in [0.05, 0.1) is 0 Å². The number of nitrogens with zero attached hydrogens (tertiary/aromatic N) is 3. The van der Waals surface area contributed by atoms with Gasteiger partial charge in [0.2, 0.25) is 5.88 Å². The van der Waals surface area contributed by atoms with Crippen molar-refractivity contribution in [2.75, 3.05) is 31.1 Å². The minimum Gasteiger partial charge on any atom is -0.439 e. The van der Waals surface area contributed by atoms with E-state index in [9.17, 15) is 0 Å². The minimum absolute atomic E-state index is 0.560. The van der Waals surface area contributed by atoms with E-state index < -0.39 is 0 Å². The molecule has 5 heteroatoms. The van der Waals surface area contributed by atoms with E-state index in [2.05, 4.69) is 32.3 Å². The zero-order chi connectivity index (χ0) is 12.9. The molecule has 1 saturated heterocycles. The third kappa shape index (κ3) is 3.00. The van der Waals surface area contributed by atoms with Gasteiger partial charge >= 0.3 is 0 Å². The molecule has 0 unspecified atom stereocenters. The lowest BCUT2D eigenvalue weighted by molar-refractivity contribution is 0.461. The maximum absolute atomic E-state index is 5.64. The van der Waals surface area contributed by atoms with Crippen LogP contribution in [0.2, 0.25) is 0 Å². The monoisotopic (exact) mass is 256 g/mol. The number of benzene rings is 1. The summed E-state index contributed by atoms with van der Waals surface area (Å²) in [6.45, 7) is 4.18. The molecule has 1 N–H and O–H groups in total. The molecule has 2 aromatic rings. The highest BCUT2D eigenvalue weighted by molar-refractivity contribution is 5.49. The molecule has 98 valence electrons. The summed E-state index contributed by atoms with van der Waals surface area (Å²) in [4.78, 5) is 10.3. The first-order chi connectivity index (χ1) is 9.42. The molecule has 1 aliphatic heterocycles. The predicted octanol–water partition coefficient (Wildman–Crippen LogP) is 1.68. The summed E-state index contributed by atoms with van der Waals surface area (Å²) in [7, 11) is 0. The number of rotatable bonds is 3. The second-order valence-electron chi connectivity index (χ2n) is 4.38. The van der Waals surface area contributed by atoms with Crippen LogP contribution < -0.4 is 15.0 Å². The van der Waals surface area contributed by atoms with Crippen molar-refractivity contribution >= 4 is 5.69 Å². The van der Waals surface area contributed by atoms with Crippen LogP contribution in [0.15, 0.2) is 42.9 Å². The van der Waals surface area contributed by atoms with E-state index in [0.29, 0.717) is 5.88 Å². The Hall–Kier alpha value is -2.14. The third-order valence-electron chi connectivity index (χ3n) is 3.10. The van der Waals surface area contributed by atoms with Crippen LogP contribution in [0, 0.1) is 0 Å². The standard InChI is InChI=1S/C14H16N4O/c1-3-13(19-14-5-6-16-11-17-14)4-2-12(1)18-9-7-15-8-10-18/h1-6,11,15H,7-10H2. The van der Waals surface area contributed by atoms with Crippen LogP contribution in [0.4, 0.5) is 5.69 Å². The Balaban J connectivity index is 1.68. The van der Waals surface area contributed by atoms with Gasteiger partial charge in [0.25, 0.3) is 0 Å². The number of ether oxygens (including phenoxy) is 1. The number of hydrogen-bond acceptors (Lipinski definition) is 5. The van der Waals surface area contributed by atoms with Crippen molar-refractivity contribution in [3.05, 3.63) is 42.9 Å². The van der Waals surface area contributed by atoms with E-state index >= 15 is 0 Å². The van der Waals surface area contributed by atoms with Crippen molar-refractivity contribution in [1.82, 2.24) is 15.3 Å². The average molecular weight is 256 g/mol. The van der Waals surface area contributed by atoms with Crippen LogP contribution in [-0.4, -0.2) is 36.1 Å². The van der Waals surface area contributed by atoms with Crippen molar-refractivity contribution in [3.63, 3.8) is 0 Å². The molecule has 0 saturated carbocycles. The highest BCUT2D eigenvalue weighted by atomic mass is 16.5. The number of piperazine rings is 1. The van der Waals surface area contributed by atoms with Crippen LogP contribution >= 0.6 is 0 Å². The summed E-state index contributed by atoms with van der Waals surface area (Å²) < 4.78 is 5.64. The molecule has 3 rings (SSSR count). The van der Waals surface area contributed by atoms with Gasteiger partial charge in [0.1, 0.15) is 12.1 Å². The lowest BCUT2D eigenvalue weighted by Crippen LogP contribution is -2.43. The van der Waals surface area contributed by atoms with Gasteiger partial charge < -0.3 is 15.0 Å². The molecule has 0 atom stereocenters. The van der Waals surface area contributed by atoms with E-state index in [4.69, 9.17) is 4.74 Å². The van der Waals surface area contributed by atoms with Gasteiger partial charge in [0.15, 0.2) is 0 Å². The van der Waals surface area contributed by atoms with E-state index in [0.717, 1.165) is 31.9 Å². The van der Waals surface area contributed by atoms with E-state index in [1.807, 2.05) is 12.1 Å².